The molecule has 0 amide bonds. The standard InChI is InChI=1S/C11H18N2O2S/c1-8(2)15-6-9(14)7-16-11-3-4-13-5-10(11)12/h3-5,8-9,14H,6-7,12H2,1-2H3. The predicted molar refractivity (Wildman–Crippen MR) is 66.5 cm³/mol. The molecule has 90 valence electrons. The quantitative estimate of drug-likeness (QED) is 0.741. The van der Waals surface area contributed by atoms with Crippen LogP contribution in [0.4, 0.5) is 5.69 Å². The zero-order chi connectivity index (χ0) is 12.0. The molecule has 1 unspecified atom stereocenters. The summed E-state index contributed by atoms with van der Waals surface area (Å²) in [5.74, 6) is 0.570. The Morgan fingerprint density at radius 3 is 2.94 bits per heavy atom. The number of hydrogen-bond donors (Lipinski definition) is 2. The highest BCUT2D eigenvalue weighted by molar-refractivity contribution is 7.99. The van der Waals surface area contributed by atoms with Crippen LogP contribution in [0.3, 0.4) is 0 Å². The molecule has 1 aromatic rings. The number of nitrogens with two attached hydrogens (primary N) is 1. The highest BCUT2D eigenvalue weighted by atomic mass is 32.2. The summed E-state index contributed by atoms with van der Waals surface area (Å²) in [4.78, 5) is 4.85. The maximum absolute atomic E-state index is 9.65. The largest absolute Gasteiger partial charge is 0.397 e. The van der Waals surface area contributed by atoms with E-state index in [4.69, 9.17) is 10.5 Å². The zero-order valence-electron chi connectivity index (χ0n) is 9.59. The van der Waals surface area contributed by atoms with Gasteiger partial charge in [0, 0.05) is 16.8 Å². The van der Waals surface area contributed by atoms with Crippen LogP contribution in [0.2, 0.25) is 0 Å². The van der Waals surface area contributed by atoms with Crippen molar-refractivity contribution >= 4 is 17.4 Å². The Bertz CT molecular complexity index is 321. The molecule has 16 heavy (non-hydrogen) atoms. The minimum Gasteiger partial charge on any atom is -0.397 e. The van der Waals surface area contributed by atoms with Gasteiger partial charge in [-0.3, -0.25) is 4.98 Å². The SMILES string of the molecule is CC(C)OCC(O)CSc1ccncc1N. The lowest BCUT2D eigenvalue weighted by atomic mass is 10.4. The molecule has 0 bridgehead atoms. The minimum atomic E-state index is -0.472. The average Bonchev–Trinajstić information content (AvgIpc) is 2.25. The maximum Gasteiger partial charge on any atom is 0.0867 e. The zero-order valence-corrected chi connectivity index (χ0v) is 10.4. The molecule has 0 radical (unpaired) electrons. The molecule has 1 aromatic heterocycles. The van der Waals surface area contributed by atoms with Crippen molar-refractivity contribution in [2.45, 2.75) is 31.0 Å². The third-order valence-electron chi connectivity index (χ3n) is 1.86. The normalized spacial score (nSPS) is 13.0. The van der Waals surface area contributed by atoms with Gasteiger partial charge >= 0.3 is 0 Å². The van der Waals surface area contributed by atoms with Crippen molar-refractivity contribution in [2.75, 3.05) is 18.1 Å². The van der Waals surface area contributed by atoms with Gasteiger partial charge in [-0.05, 0) is 19.9 Å². The molecule has 0 aromatic carbocycles. The summed E-state index contributed by atoms with van der Waals surface area (Å²) in [6, 6.07) is 1.84. The molecule has 0 aliphatic heterocycles. The summed E-state index contributed by atoms with van der Waals surface area (Å²) in [7, 11) is 0. The first-order valence-electron chi connectivity index (χ1n) is 5.21. The number of thioether (sulfide) groups is 1. The Kier molecular flexibility index (Phi) is 5.59. The van der Waals surface area contributed by atoms with Gasteiger partial charge in [-0.15, -0.1) is 11.8 Å². The molecule has 1 heterocycles. The molecule has 1 atom stereocenters. The van der Waals surface area contributed by atoms with E-state index >= 15 is 0 Å². The Balaban J connectivity index is 2.31. The highest BCUT2D eigenvalue weighted by Gasteiger charge is 2.07. The average molecular weight is 242 g/mol. The molecule has 4 nitrogen and oxygen atoms in total. The molecule has 3 N–H and O–H groups in total. The molecule has 0 saturated carbocycles. The van der Waals surface area contributed by atoms with Crippen molar-refractivity contribution in [2.24, 2.45) is 0 Å². The fourth-order valence-electron chi connectivity index (χ4n) is 1.06. The van der Waals surface area contributed by atoms with E-state index < -0.39 is 6.10 Å². The van der Waals surface area contributed by atoms with Gasteiger partial charge in [0.2, 0.25) is 0 Å². The van der Waals surface area contributed by atoms with Crippen LogP contribution in [0.15, 0.2) is 23.4 Å². The van der Waals surface area contributed by atoms with E-state index in [1.165, 1.54) is 11.8 Å². The topological polar surface area (TPSA) is 68.4 Å². The summed E-state index contributed by atoms with van der Waals surface area (Å²) in [5.41, 5.74) is 6.38. The lowest BCUT2D eigenvalue weighted by Gasteiger charge is -2.13. The molecule has 1 rings (SSSR count). The smallest absolute Gasteiger partial charge is 0.0867 e. The third-order valence-corrected chi connectivity index (χ3v) is 3.10. The molecule has 0 saturated heterocycles. The van der Waals surface area contributed by atoms with E-state index in [-0.39, 0.29) is 6.10 Å². The van der Waals surface area contributed by atoms with Crippen molar-refractivity contribution in [3.63, 3.8) is 0 Å². The molecular formula is C11H18N2O2S. The second kappa shape index (κ2) is 6.73. The Morgan fingerprint density at radius 2 is 2.31 bits per heavy atom. The number of nitrogen functional groups attached to an aromatic ring is 1. The Morgan fingerprint density at radius 1 is 1.56 bits per heavy atom. The molecule has 0 aliphatic carbocycles. The molecule has 0 aliphatic rings. The lowest BCUT2D eigenvalue weighted by Crippen LogP contribution is -2.20. The number of ether oxygens (including phenoxy) is 1. The number of aliphatic hydroxyl groups is 1. The molecule has 5 heteroatoms. The van der Waals surface area contributed by atoms with Gasteiger partial charge in [0.05, 0.1) is 30.7 Å². The van der Waals surface area contributed by atoms with Crippen LogP contribution in [0, 0.1) is 0 Å². The van der Waals surface area contributed by atoms with Crippen LogP contribution >= 0.6 is 11.8 Å². The molecule has 0 spiro atoms. The van der Waals surface area contributed by atoms with Gasteiger partial charge in [-0.2, -0.15) is 0 Å². The first kappa shape index (κ1) is 13.3. The van der Waals surface area contributed by atoms with Gasteiger partial charge in [-0.25, -0.2) is 0 Å². The van der Waals surface area contributed by atoms with Crippen LogP contribution in [0.5, 0.6) is 0 Å². The second-order valence-electron chi connectivity index (χ2n) is 3.76. The van der Waals surface area contributed by atoms with Gasteiger partial charge in [-0.1, -0.05) is 0 Å². The number of anilines is 1. The summed E-state index contributed by atoms with van der Waals surface area (Å²) < 4.78 is 5.32. The van der Waals surface area contributed by atoms with Crippen LogP contribution in [0.25, 0.3) is 0 Å². The van der Waals surface area contributed by atoms with Crippen LogP contribution in [0.1, 0.15) is 13.8 Å². The van der Waals surface area contributed by atoms with Crippen molar-refractivity contribution in [3.8, 4) is 0 Å². The van der Waals surface area contributed by atoms with Gasteiger partial charge in [0.1, 0.15) is 0 Å². The van der Waals surface area contributed by atoms with Gasteiger partial charge < -0.3 is 15.6 Å². The molecule has 0 fully saturated rings. The van der Waals surface area contributed by atoms with Gasteiger partial charge in [0.15, 0.2) is 0 Å². The van der Waals surface area contributed by atoms with Crippen molar-refractivity contribution in [3.05, 3.63) is 18.5 Å². The monoisotopic (exact) mass is 242 g/mol. The Hall–Kier alpha value is -0.780. The first-order valence-corrected chi connectivity index (χ1v) is 6.20. The first-order chi connectivity index (χ1) is 7.59. The predicted octanol–water partition coefficient (Wildman–Crippen LogP) is 1.54. The van der Waals surface area contributed by atoms with Crippen LogP contribution in [-0.4, -0.2) is 34.7 Å². The number of aliphatic hydroxyl groups excluding tert-OH is 1. The number of rotatable bonds is 6. The van der Waals surface area contributed by atoms with Crippen LogP contribution in [-0.2, 0) is 4.74 Å². The van der Waals surface area contributed by atoms with E-state index in [0.717, 1.165) is 4.90 Å². The molecular weight excluding hydrogens is 224 g/mol. The van der Waals surface area contributed by atoms with E-state index in [2.05, 4.69) is 4.98 Å². The van der Waals surface area contributed by atoms with E-state index in [0.29, 0.717) is 18.0 Å². The highest BCUT2D eigenvalue weighted by Crippen LogP contribution is 2.23. The van der Waals surface area contributed by atoms with E-state index in [1.54, 1.807) is 12.4 Å². The van der Waals surface area contributed by atoms with Gasteiger partial charge in [0.25, 0.3) is 0 Å². The fraction of sp³-hybridized carbons (Fsp3) is 0.545. The summed E-state index contributed by atoms with van der Waals surface area (Å²) in [6.07, 6.45) is 2.97. The summed E-state index contributed by atoms with van der Waals surface area (Å²) in [5, 5.41) is 9.65. The number of nitrogens with zero attached hydrogens (tertiary/aromatic N) is 1. The number of pyridine rings is 1. The number of aromatic nitrogens is 1. The van der Waals surface area contributed by atoms with E-state index in [9.17, 15) is 5.11 Å². The fourth-order valence-corrected chi connectivity index (χ4v) is 1.91. The maximum atomic E-state index is 9.65. The summed E-state index contributed by atoms with van der Waals surface area (Å²) in [6.45, 7) is 4.25. The van der Waals surface area contributed by atoms with Crippen molar-refractivity contribution < 1.29 is 9.84 Å². The number of hydrogen-bond acceptors (Lipinski definition) is 5. The third kappa shape index (κ3) is 4.83. The lowest BCUT2D eigenvalue weighted by molar-refractivity contribution is 0.0152. The Labute approximate surface area is 100 Å². The second-order valence-corrected chi connectivity index (χ2v) is 4.82. The minimum absolute atomic E-state index is 0.144. The van der Waals surface area contributed by atoms with Crippen molar-refractivity contribution in [1.29, 1.82) is 0 Å². The summed E-state index contributed by atoms with van der Waals surface area (Å²) >= 11 is 1.51. The van der Waals surface area contributed by atoms with E-state index in [1.807, 2.05) is 19.9 Å². The van der Waals surface area contributed by atoms with Crippen molar-refractivity contribution in [1.82, 2.24) is 4.98 Å². The van der Waals surface area contributed by atoms with Crippen LogP contribution < -0.4 is 5.73 Å².